The van der Waals surface area contributed by atoms with E-state index < -0.39 is 16.1 Å². The fourth-order valence-corrected chi connectivity index (χ4v) is 5.31. The molecule has 0 aromatic heterocycles. The lowest BCUT2D eigenvalue weighted by Crippen LogP contribution is -2.51. The van der Waals surface area contributed by atoms with Gasteiger partial charge in [-0.05, 0) is 55.2 Å². The molecule has 3 aromatic carbocycles. The van der Waals surface area contributed by atoms with E-state index >= 15 is 0 Å². The third kappa shape index (κ3) is 4.88. The summed E-state index contributed by atoms with van der Waals surface area (Å²) in [5.41, 5.74) is 3.44. The molecule has 0 aliphatic carbocycles. The minimum atomic E-state index is -3.87. The number of aryl methyl sites for hydroxylation is 2. The average molecular weight is 465 g/mol. The second kappa shape index (κ2) is 9.27. The molecule has 1 aliphatic heterocycles. The Morgan fingerprint density at radius 3 is 2.39 bits per heavy atom. The molecule has 0 fully saturated rings. The van der Waals surface area contributed by atoms with E-state index in [1.54, 1.807) is 36.4 Å². The molecule has 3 aromatic rings. The number of nitrogens with one attached hydrogen (secondary N) is 1. The fraction of sp³-hybridized carbons (Fsp3) is 0.269. The number of hydrogen-bond donors (Lipinski definition) is 1. The van der Waals surface area contributed by atoms with Gasteiger partial charge in [0.2, 0.25) is 0 Å². The number of nitrogens with zero attached hydrogens (tertiary/aromatic N) is 1. The lowest BCUT2D eigenvalue weighted by Gasteiger charge is -2.35. The molecule has 0 saturated heterocycles. The molecule has 0 unspecified atom stereocenters. The van der Waals surface area contributed by atoms with Gasteiger partial charge in [0.15, 0.2) is 6.10 Å². The van der Waals surface area contributed by atoms with Crippen LogP contribution in [0, 0.1) is 13.8 Å². The number of anilines is 1. The largest absolute Gasteiger partial charge is 0.476 e. The van der Waals surface area contributed by atoms with Gasteiger partial charge in [-0.3, -0.25) is 9.10 Å². The van der Waals surface area contributed by atoms with Crippen molar-refractivity contribution in [1.82, 2.24) is 5.32 Å². The van der Waals surface area contributed by atoms with E-state index in [0.29, 0.717) is 18.0 Å². The topological polar surface area (TPSA) is 75.7 Å². The lowest BCUT2D eigenvalue weighted by molar-refractivity contribution is -0.127. The van der Waals surface area contributed by atoms with E-state index in [9.17, 15) is 13.2 Å². The molecule has 172 valence electrons. The Hall–Kier alpha value is -3.32. The molecule has 1 heterocycles. The highest BCUT2D eigenvalue weighted by Crippen LogP contribution is 2.37. The van der Waals surface area contributed by atoms with Crippen molar-refractivity contribution in [3.63, 3.8) is 0 Å². The summed E-state index contributed by atoms with van der Waals surface area (Å²) >= 11 is 0. The first-order chi connectivity index (χ1) is 15.8. The monoisotopic (exact) mass is 464 g/mol. The van der Waals surface area contributed by atoms with Crippen LogP contribution in [0.5, 0.6) is 5.75 Å². The van der Waals surface area contributed by atoms with Gasteiger partial charge in [0.05, 0.1) is 17.1 Å². The molecule has 0 radical (unpaired) electrons. The molecule has 4 rings (SSSR count). The summed E-state index contributed by atoms with van der Waals surface area (Å²) in [6.07, 6.45) is -0.956. The van der Waals surface area contributed by atoms with Gasteiger partial charge in [-0.1, -0.05) is 61.0 Å². The van der Waals surface area contributed by atoms with Crippen LogP contribution in [0.4, 0.5) is 5.69 Å². The van der Waals surface area contributed by atoms with Crippen molar-refractivity contribution in [3.8, 4) is 5.75 Å². The Bertz CT molecular complexity index is 1240. The van der Waals surface area contributed by atoms with E-state index in [2.05, 4.69) is 5.32 Å². The molecule has 1 aliphatic rings. The van der Waals surface area contributed by atoms with Gasteiger partial charge in [-0.2, -0.15) is 0 Å². The molecule has 0 saturated carbocycles. The van der Waals surface area contributed by atoms with Gasteiger partial charge in [-0.25, -0.2) is 8.42 Å². The predicted molar refractivity (Wildman–Crippen MR) is 129 cm³/mol. The second-order valence-corrected chi connectivity index (χ2v) is 10.3. The molecule has 2 atom stereocenters. The number of fused-ring (bicyclic) bond motifs is 1. The summed E-state index contributed by atoms with van der Waals surface area (Å²) in [7, 11) is -3.87. The van der Waals surface area contributed by atoms with Crippen LogP contribution in [0.25, 0.3) is 0 Å². The van der Waals surface area contributed by atoms with Crippen LogP contribution in [0.15, 0.2) is 77.7 Å². The maximum Gasteiger partial charge on any atom is 0.264 e. The van der Waals surface area contributed by atoms with Gasteiger partial charge in [-0.15, -0.1) is 0 Å². The molecule has 6 nitrogen and oxygen atoms in total. The third-order valence-corrected chi connectivity index (χ3v) is 7.63. The maximum atomic E-state index is 13.5. The summed E-state index contributed by atoms with van der Waals surface area (Å²) in [6.45, 7) is 6.16. The van der Waals surface area contributed by atoms with E-state index in [-0.39, 0.29) is 23.3 Å². The van der Waals surface area contributed by atoms with Crippen molar-refractivity contribution in [2.75, 3.05) is 17.4 Å². The SMILES string of the molecule is Cc1ccc(S(=O)(=O)N2C[C@@H](C(=O)NC[C@H](C)c3ccccc3)Oc3cc(C)ccc32)cc1. The summed E-state index contributed by atoms with van der Waals surface area (Å²) in [5.74, 6) is 0.155. The van der Waals surface area contributed by atoms with Crippen LogP contribution < -0.4 is 14.4 Å². The highest BCUT2D eigenvalue weighted by molar-refractivity contribution is 7.92. The number of amides is 1. The van der Waals surface area contributed by atoms with Crippen molar-refractivity contribution < 1.29 is 17.9 Å². The van der Waals surface area contributed by atoms with Crippen molar-refractivity contribution in [2.45, 2.75) is 37.7 Å². The zero-order chi connectivity index (χ0) is 23.6. The van der Waals surface area contributed by atoms with Crippen LogP contribution in [-0.2, 0) is 14.8 Å². The first-order valence-electron chi connectivity index (χ1n) is 10.9. The molecule has 7 heteroatoms. The third-order valence-electron chi connectivity index (χ3n) is 5.84. The number of hydrogen-bond acceptors (Lipinski definition) is 4. The second-order valence-electron chi connectivity index (χ2n) is 8.48. The van der Waals surface area contributed by atoms with Gasteiger partial charge < -0.3 is 10.1 Å². The normalized spacial score (nSPS) is 16.5. The number of rotatable bonds is 6. The summed E-state index contributed by atoms with van der Waals surface area (Å²) in [6, 6.07) is 21.9. The predicted octanol–water partition coefficient (Wildman–Crippen LogP) is 4.18. The minimum Gasteiger partial charge on any atom is -0.476 e. The number of carbonyl (C=O) groups is 1. The molecule has 1 N–H and O–H groups in total. The summed E-state index contributed by atoms with van der Waals surface area (Å²) < 4.78 is 34.3. The number of sulfonamides is 1. The van der Waals surface area contributed by atoms with Crippen molar-refractivity contribution >= 4 is 21.6 Å². The smallest absolute Gasteiger partial charge is 0.264 e. The van der Waals surface area contributed by atoms with Crippen LogP contribution in [0.3, 0.4) is 0 Å². The Labute approximate surface area is 195 Å². The molecule has 0 spiro atoms. The van der Waals surface area contributed by atoms with Crippen molar-refractivity contribution in [2.24, 2.45) is 0 Å². The Balaban J connectivity index is 1.58. The standard InChI is InChI=1S/C26H28N2O4S/c1-18-9-12-22(13-10-18)33(30,31)28-17-25(32-24-15-19(2)11-14-23(24)28)26(29)27-16-20(3)21-7-5-4-6-8-21/h4-15,20,25H,16-17H2,1-3H3,(H,27,29)/t20-,25-/m0/s1. The fourth-order valence-electron chi connectivity index (χ4n) is 3.83. The number of carbonyl (C=O) groups excluding carboxylic acids is 1. The Morgan fingerprint density at radius 2 is 1.70 bits per heavy atom. The van der Waals surface area contributed by atoms with Crippen LogP contribution in [0.1, 0.15) is 29.5 Å². The number of ether oxygens (including phenoxy) is 1. The molecular formula is C26H28N2O4S. The first-order valence-corrected chi connectivity index (χ1v) is 12.4. The number of benzene rings is 3. The van der Waals surface area contributed by atoms with Gasteiger partial charge >= 0.3 is 0 Å². The molecular weight excluding hydrogens is 436 g/mol. The molecule has 1 amide bonds. The zero-order valence-corrected chi connectivity index (χ0v) is 19.8. The maximum absolute atomic E-state index is 13.5. The van der Waals surface area contributed by atoms with Crippen molar-refractivity contribution in [1.29, 1.82) is 0 Å². The minimum absolute atomic E-state index is 0.0994. The van der Waals surface area contributed by atoms with Gasteiger partial charge in [0, 0.05) is 6.54 Å². The van der Waals surface area contributed by atoms with Crippen LogP contribution in [0.2, 0.25) is 0 Å². The Kier molecular flexibility index (Phi) is 6.42. The highest BCUT2D eigenvalue weighted by Gasteiger charge is 2.37. The zero-order valence-electron chi connectivity index (χ0n) is 19.0. The van der Waals surface area contributed by atoms with Crippen LogP contribution >= 0.6 is 0 Å². The van der Waals surface area contributed by atoms with Crippen LogP contribution in [-0.4, -0.2) is 33.5 Å². The molecule has 0 bridgehead atoms. The van der Waals surface area contributed by atoms with E-state index in [4.69, 9.17) is 4.74 Å². The quantitative estimate of drug-likeness (QED) is 0.594. The van der Waals surface area contributed by atoms with E-state index in [1.807, 2.05) is 57.2 Å². The van der Waals surface area contributed by atoms with E-state index in [1.165, 1.54) is 4.31 Å². The molecule has 33 heavy (non-hydrogen) atoms. The van der Waals surface area contributed by atoms with Gasteiger partial charge in [0.1, 0.15) is 5.75 Å². The lowest BCUT2D eigenvalue weighted by atomic mass is 10.0. The Morgan fingerprint density at radius 1 is 1.03 bits per heavy atom. The summed E-state index contributed by atoms with van der Waals surface area (Å²) in [4.78, 5) is 13.2. The van der Waals surface area contributed by atoms with E-state index in [0.717, 1.165) is 16.7 Å². The van der Waals surface area contributed by atoms with Crippen molar-refractivity contribution in [3.05, 3.63) is 89.5 Å². The van der Waals surface area contributed by atoms with Gasteiger partial charge in [0.25, 0.3) is 15.9 Å². The highest BCUT2D eigenvalue weighted by atomic mass is 32.2. The first kappa shape index (κ1) is 22.9. The average Bonchev–Trinajstić information content (AvgIpc) is 2.82. The summed E-state index contributed by atoms with van der Waals surface area (Å²) in [5, 5.41) is 2.93.